The molecule has 1 aliphatic heterocycles. The summed E-state index contributed by atoms with van der Waals surface area (Å²) in [6.45, 7) is 6.84. The zero-order chi connectivity index (χ0) is 15.1. The molecule has 3 heterocycles. The van der Waals surface area contributed by atoms with Crippen molar-refractivity contribution in [3.8, 4) is 0 Å². The number of fused-ring (bicyclic) bond motifs is 1. The molecule has 1 saturated heterocycles. The Bertz CT molecular complexity index is 681. The Morgan fingerprint density at radius 3 is 2.67 bits per heavy atom. The summed E-state index contributed by atoms with van der Waals surface area (Å²) < 4.78 is 15.9. The summed E-state index contributed by atoms with van der Waals surface area (Å²) in [7, 11) is -0.665. The standard InChI is InChI=1S/C14H21ClN4OS/c1-4-18-14-12(10(3)17-18)16-13(9(2)15)19(14)11-5-7-21(20)8-6-11/h9,11H,4-8H2,1-3H3. The van der Waals surface area contributed by atoms with E-state index in [0.717, 1.165) is 53.6 Å². The SMILES string of the molecule is CCn1nc(C)c2nc(C(C)Cl)n(C3CCS(=O)CC3)c21. The van der Waals surface area contributed by atoms with Gasteiger partial charge in [0.2, 0.25) is 0 Å². The van der Waals surface area contributed by atoms with Crippen molar-refractivity contribution in [2.75, 3.05) is 11.5 Å². The maximum Gasteiger partial charge on any atom is 0.159 e. The molecule has 3 rings (SSSR count). The van der Waals surface area contributed by atoms with Gasteiger partial charge in [-0.25, -0.2) is 9.67 Å². The topological polar surface area (TPSA) is 52.7 Å². The summed E-state index contributed by atoms with van der Waals surface area (Å²) in [6.07, 6.45) is 1.84. The molecule has 0 aliphatic carbocycles. The molecule has 0 N–H and O–H groups in total. The molecule has 1 aliphatic rings. The average molecular weight is 329 g/mol. The van der Waals surface area contributed by atoms with Gasteiger partial charge in [-0.05, 0) is 33.6 Å². The molecular formula is C14H21ClN4OS. The van der Waals surface area contributed by atoms with Crippen molar-refractivity contribution in [3.05, 3.63) is 11.5 Å². The molecule has 21 heavy (non-hydrogen) atoms. The zero-order valence-electron chi connectivity index (χ0n) is 12.7. The number of imidazole rings is 1. The smallest absolute Gasteiger partial charge is 0.159 e. The summed E-state index contributed by atoms with van der Waals surface area (Å²) in [5.41, 5.74) is 2.96. The van der Waals surface area contributed by atoms with Crippen molar-refractivity contribution < 1.29 is 4.21 Å². The number of aryl methyl sites for hydroxylation is 2. The first kappa shape index (κ1) is 15.0. The molecule has 0 aromatic carbocycles. The fraction of sp³-hybridized carbons (Fsp3) is 0.714. The fourth-order valence-electron chi connectivity index (χ4n) is 3.11. The fourth-order valence-corrected chi connectivity index (χ4v) is 4.53. The minimum Gasteiger partial charge on any atom is -0.308 e. The van der Waals surface area contributed by atoms with Gasteiger partial charge in [0, 0.05) is 34.9 Å². The van der Waals surface area contributed by atoms with E-state index < -0.39 is 10.8 Å². The number of aromatic nitrogens is 4. The second kappa shape index (κ2) is 5.72. The van der Waals surface area contributed by atoms with Crippen LogP contribution in [0.1, 0.15) is 49.6 Å². The number of hydrogen-bond acceptors (Lipinski definition) is 3. The Hall–Kier alpha value is -0.880. The second-order valence-electron chi connectivity index (χ2n) is 5.61. The Morgan fingerprint density at radius 1 is 1.43 bits per heavy atom. The van der Waals surface area contributed by atoms with Gasteiger partial charge in [-0.2, -0.15) is 5.10 Å². The predicted octanol–water partition coefficient (Wildman–Crippen LogP) is 2.94. The van der Waals surface area contributed by atoms with Crippen LogP contribution in [-0.4, -0.2) is 35.0 Å². The van der Waals surface area contributed by atoms with E-state index in [2.05, 4.69) is 16.6 Å². The molecule has 1 unspecified atom stereocenters. The summed E-state index contributed by atoms with van der Waals surface area (Å²) in [4.78, 5) is 4.75. The third-order valence-electron chi connectivity index (χ3n) is 4.15. The lowest BCUT2D eigenvalue weighted by Crippen LogP contribution is -2.24. The molecule has 0 radical (unpaired) electrons. The first-order valence-corrected chi connectivity index (χ1v) is 9.39. The highest BCUT2D eigenvalue weighted by Crippen LogP contribution is 2.33. The van der Waals surface area contributed by atoms with Crippen LogP contribution in [-0.2, 0) is 17.3 Å². The normalized spacial score (nSPS) is 24.6. The highest BCUT2D eigenvalue weighted by molar-refractivity contribution is 7.85. The van der Waals surface area contributed by atoms with Gasteiger partial charge in [-0.1, -0.05) is 0 Å². The highest BCUT2D eigenvalue weighted by Gasteiger charge is 2.28. The van der Waals surface area contributed by atoms with E-state index in [0.29, 0.717) is 6.04 Å². The maximum absolute atomic E-state index is 11.6. The van der Waals surface area contributed by atoms with Gasteiger partial charge >= 0.3 is 0 Å². The quantitative estimate of drug-likeness (QED) is 0.814. The van der Waals surface area contributed by atoms with Crippen molar-refractivity contribution in [3.63, 3.8) is 0 Å². The average Bonchev–Trinajstić information content (AvgIpc) is 2.98. The molecular weight excluding hydrogens is 308 g/mol. The van der Waals surface area contributed by atoms with Gasteiger partial charge in [-0.3, -0.25) is 4.21 Å². The number of hydrogen-bond donors (Lipinski definition) is 0. The van der Waals surface area contributed by atoms with Crippen molar-refractivity contribution in [2.45, 2.75) is 51.6 Å². The number of nitrogens with zero attached hydrogens (tertiary/aromatic N) is 4. The Morgan fingerprint density at radius 2 is 2.10 bits per heavy atom. The lowest BCUT2D eigenvalue weighted by Gasteiger charge is -2.26. The van der Waals surface area contributed by atoms with E-state index in [4.69, 9.17) is 16.6 Å². The molecule has 0 saturated carbocycles. The first-order valence-electron chi connectivity index (χ1n) is 7.47. The van der Waals surface area contributed by atoms with Gasteiger partial charge in [0.25, 0.3) is 0 Å². The van der Waals surface area contributed by atoms with Crippen molar-refractivity contribution in [1.82, 2.24) is 19.3 Å². The predicted molar refractivity (Wildman–Crippen MR) is 86.3 cm³/mol. The van der Waals surface area contributed by atoms with Crippen LogP contribution in [0.5, 0.6) is 0 Å². The largest absolute Gasteiger partial charge is 0.308 e. The molecule has 0 amide bonds. The van der Waals surface area contributed by atoms with Gasteiger partial charge in [0.15, 0.2) is 5.65 Å². The lowest BCUT2D eigenvalue weighted by molar-refractivity contribution is 0.447. The van der Waals surface area contributed by atoms with E-state index in [1.165, 1.54) is 0 Å². The monoisotopic (exact) mass is 328 g/mol. The molecule has 2 aromatic heterocycles. The van der Waals surface area contributed by atoms with E-state index in [1.807, 2.05) is 18.5 Å². The Kier molecular flexibility index (Phi) is 4.10. The van der Waals surface area contributed by atoms with Crippen LogP contribution in [0, 0.1) is 6.92 Å². The molecule has 116 valence electrons. The molecule has 2 aromatic rings. The van der Waals surface area contributed by atoms with Crippen molar-refractivity contribution in [2.24, 2.45) is 0 Å². The van der Waals surface area contributed by atoms with E-state index >= 15 is 0 Å². The van der Waals surface area contributed by atoms with E-state index in [-0.39, 0.29) is 5.38 Å². The van der Waals surface area contributed by atoms with Crippen LogP contribution in [0.25, 0.3) is 11.2 Å². The second-order valence-corrected chi connectivity index (χ2v) is 7.96. The third kappa shape index (κ3) is 2.52. The maximum atomic E-state index is 11.6. The molecule has 0 spiro atoms. The minimum absolute atomic E-state index is 0.144. The summed E-state index contributed by atoms with van der Waals surface area (Å²) >= 11 is 6.36. The third-order valence-corrected chi connectivity index (χ3v) is 5.73. The van der Waals surface area contributed by atoms with Crippen molar-refractivity contribution in [1.29, 1.82) is 0 Å². The van der Waals surface area contributed by atoms with Crippen LogP contribution >= 0.6 is 11.6 Å². The van der Waals surface area contributed by atoms with Crippen LogP contribution in [0.15, 0.2) is 0 Å². The molecule has 5 nitrogen and oxygen atoms in total. The van der Waals surface area contributed by atoms with Crippen LogP contribution in [0.4, 0.5) is 0 Å². The van der Waals surface area contributed by atoms with Gasteiger partial charge in [0.1, 0.15) is 11.3 Å². The van der Waals surface area contributed by atoms with Crippen LogP contribution < -0.4 is 0 Å². The zero-order valence-corrected chi connectivity index (χ0v) is 14.2. The van der Waals surface area contributed by atoms with Crippen LogP contribution in [0.2, 0.25) is 0 Å². The number of rotatable bonds is 3. The Labute approximate surface area is 132 Å². The van der Waals surface area contributed by atoms with E-state index in [1.54, 1.807) is 0 Å². The van der Waals surface area contributed by atoms with Gasteiger partial charge in [-0.15, -0.1) is 11.6 Å². The molecule has 7 heteroatoms. The van der Waals surface area contributed by atoms with Gasteiger partial charge in [0.05, 0.1) is 11.1 Å². The highest BCUT2D eigenvalue weighted by atomic mass is 35.5. The van der Waals surface area contributed by atoms with Gasteiger partial charge < -0.3 is 4.57 Å². The molecule has 1 fully saturated rings. The van der Waals surface area contributed by atoms with Crippen molar-refractivity contribution >= 4 is 33.6 Å². The van der Waals surface area contributed by atoms with E-state index in [9.17, 15) is 4.21 Å². The summed E-state index contributed by atoms with van der Waals surface area (Å²) in [5, 5.41) is 4.43. The minimum atomic E-state index is -0.665. The molecule has 1 atom stereocenters. The first-order chi connectivity index (χ1) is 10.0. The summed E-state index contributed by atoms with van der Waals surface area (Å²) in [6, 6.07) is 0.324. The number of alkyl halides is 1. The lowest BCUT2D eigenvalue weighted by atomic mass is 10.1. The van der Waals surface area contributed by atoms with Crippen LogP contribution in [0.3, 0.4) is 0 Å². The summed E-state index contributed by atoms with van der Waals surface area (Å²) in [5.74, 6) is 2.44. The molecule has 0 bridgehead atoms. The number of halogens is 1. The Balaban J connectivity index is 2.17.